The maximum atomic E-state index is 13.1. The predicted octanol–water partition coefficient (Wildman–Crippen LogP) is 0.556. The predicted molar refractivity (Wildman–Crippen MR) is 108 cm³/mol. The van der Waals surface area contributed by atoms with Gasteiger partial charge in [-0.2, -0.15) is 0 Å². The summed E-state index contributed by atoms with van der Waals surface area (Å²) in [6.45, 7) is 7.40. The summed E-state index contributed by atoms with van der Waals surface area (Å²) in [6.07, 6.45) is 0.679. The number of benzene rings is 1. The largest absolute Gasteiger partial charge is 0.383 e. The molecular formula is C21H32N4O3. The highest BCUT2D eigenvalue weighted by atomic mass is 16.5. The van der Waals surface area contributed by atoms with Crippen LogP contribution >= 0.6 is 0 Å². The van der Waals surface area contributed by atoms with Crippen molar-refractivity contribution in [2.45, 2.75) is 32.0 Å². The molecule has 0 radical (unpaired) electrons. The minimum atomic E-state index is -0.360. The molecule has 2 atom stereocenters. The molecule has 2 aliphatic heterocycles. The van der Waals surface area contributed by atoms with Crippen molar-refractivity contribution in [2.24, 2.45) is 0 Å². The Labute approximate surface area is 167 Å². The van der Waals surface area contributed by atoms with Gasteiger partial charge in [0.15, 0.2) is 0 Å². The van der Waals surface area contributed by atoms with Gasteiger partial charge in [0, 0.05) is 65.9 Å². The molecule has 0 aliphatic carbocycles. The SMILES string of the molecule is COCCN(Cc1ccccc1)C1CC(C(=O)N2CCNCC2)N(C(C)=O)C1. The summed E-state index contributed by atoms with van der Waals surface area (Å²) in [6, 6.07) is 10.1. The van der Waals surface area contributed by atoms with Gasteiger partial charge in [0.2, 0.25) is 11.8 Å². The number of piperazine rings is 1. The molecule has 2 unspecified atom stereocenters. The van der Waals surface area contributed by atoms with Gasteiger partial charge in [-0.05, 0) is 12.0 Å². The highest BCUT2D eigenvalue weighted by Crippen LogP contribution is 2.25. The van der Waals surface area contributed by atoms with E-state index in [0.717, 1.165) is 26.2 Å². The molecular weight excluding hydrogens is 356 g/mol. The maximum absolute atomic E-state index is 13.1. The average Bonchev–Trinajstić information content (AvgIpc) is 3.17. The van der Waals surface area contributed by atoms with E-state index in [-0.39, 0.29) is 23.9 Å². The van der Waals surface area contributed by atoms with Crippen molar-refractivity contribution >= 4 is 11.8 Å². The van der Waals surface area contributed by atoms with Gasteiger partial charge in [-0.25, -0.2) is 0 Å². The first kappa shape index (κ1) is 20.8. The molecule has 2 fully saturated rings. The molecule has 2 saturated heterocycles. The number of carbonyl (C=O) groups excluding carboxylic acids is 2. The summed E-state index contributed by atoms with van der Waals surface area (Å²) < 4.78 is 5.31. The number of hydrogen-bond acceptors (Lipinski definition) is 5. The molecule has 0 spiro atoms. The highest BCUT2D eigenvalue weighted by Gasteiger charge is 2.42. The number of amides is 2. The lowest BCUT2D eigenvalue weighted by molar-refractivity contribution is -0.143. The van der Waals surface area contributed by atoms with Crippen LogP contribution in [0.5, 0.6) is 0 Å². The first-order valence-electron chi connectivity index (χ1n) is 10.1. The van der Waals surface area contributed by atoms with E-state index in [1.165, 1.54) is 5.56 Å². The van der Waals surface area contributed by atoms with E-state index in [0.29, 0.717) is 32.7 Å². The van der Waals surface area contributed by atoms with Crippen molar-refractivity contribution in [1.29, 1.82) is 0 Å². The Balaban J connectivity index is 1.73. The second-order valence-electron chi connectivity index (χ2n) is 7.60. The van der Waals surface area contributed by atoms with Crippen LogP contribution in [0.25, 0.3) is 0 Å². The van der Waals surface area contributed by atoms with Crippen LogP contribution in [0.4, 0.5) is 0 Å². The van der Waals surface area contributed by atoms with Gasteiger partial charge < -0.3 is 19.9 Å². The normalized spacial score (nSPS) is 22.7. The number of nitrogens with one attached hydrogen (secondary N) is 1. The summed E-state index contributed by atoms with van der Waals surface area (Å²) in [5.41, 5.74) is 1.23. The molecule has 154 valence electrons. The molecule has 7 nitrogen and oxygen atoms in total. The van der Waals surface area contributed by atoms with Crippen molar-refractivity contribution < 1.29 is 14.3 Å². The Morgan fingerprint density at radius 3 is 2.57 bits per heavy atom. The summed E-state index contributed by atoms with van der Waals surface area (Å²) in [4.78, 5) is 31.4. The third-order valence-electron chi connectivity index (χ3n) is 5.72. The van der Waals surface area contributed by atoms with E-state index in [9.17, 15) is 9.59 Å². The molecule has 0 aromatic heterocycles. The Morgan fingerprint density at radius 2 is 1.93 bits per heavy atom. The van der Waals surface area contributed by atoms with E-state index >= 15 is 0 Å². The van der Waals surface area contributed by atoms with Gasteiger partial charge in [-0.15, -0.1) is 0 Å². The third kappa shape index (κ3) is 5.10. The number of methoxy groups -OCH3 is 1. The highest BCUT2D eigenvalue weighted by molar-refractivity contribution is 5.87. The average molecular weight is 389 g/mol. The van der Waals surface area contributed by atoms with Crippen LogP contribution in [0.3, 0.4) is 0 Å². The topological polar surface area (TPSA) is 65.1 Å². The fourth-order valence-electron chi connectivity index (χ4n) is 4.17. The zero-order chi connectivity index (χ0) is 19.9. The molecule has 0 bridgehead atoms. The van der Waals surface area contributed by atoms with Gasteiger partial charge in [0.25, 0.3) is 0 Å². The van der Waals surface area contributed by atoms with Crippen LogP contribution in [-0.4, -0.2) is 91.6 Å². The van der Waals surface area contributed by atoms with Gasteiger partial charge in [0.05, 0.1) is 6.61 Å². The Morgan fingerprint density at radius 1 is 1.21 bits per heavy atom. The van der Waals surface area contributed by atoms with E-state index in [4.69, 9.17) is 4.74 Å². The monoisotopic (exact) mass is 388 g/mol. The number of likely N-dealkylation sites (tertiary alicyclic amines) is 1. The van der Waals surface area contributed by atoms with Crippen molar-refractivity contribution in [3.8, 4) is 0 Å². The molecule has 1 N–H and O–H groups in total. The molecule has 2 amide bonds. The lowest BCUT2D eigenvalue weighted by Crippen LogP contribution is -2.53. The summed E-state index contributed by atoms with van der Waals surface area (Å²) in [5, 5.41) is 3.28. The lowest BCUT2D eigenvalue weighted by Gasteiger charge is -2.32. The number of carbonyl (C=O) groups is 2. The fourth-order valence-corrected chi connectivity index (χ4v) is 4.17. The summed E-state index contributed by atoms with van der Waals surface area (Å²) in [7, 11) is 1.70. The number of ether oxygens (including phenoxy) is 1. The van der Waals surface area contributed by atoms with Gasteiger partial charge in [0.1, 0.15) is 6.04 Å². The minimum Gasteiger partial charge on any atom is -0.383 e. The summed E-state index contributed by atoms with van der Waals surface area (Å²) >= 11 is 0. The molecule has 28 heavy (non-hydrogen) atoms. The molecule has 1 aromatic carbocycles. The Bertz CT molecular complexity index is 648. The van der Waals surface area contributed by atoms with Crippen molar-refractivity contribution in [2.75, 3.05) is 53.0 Å². The molecule has 2 heterocycles. The maximum Gasteiger partial charge on any atom is 0.245 e. The van der Waals surface area contributed by atoms with Crippen LogP contribution in [0, 0.1) is 0 Å². The second-order valence-corrected chi connectivity index (χ2v) is 7.60. The lowest BCUT2D eigenvalue weighted by atomic mass is 10.1. The molecule has 1 aromatic rings. The van der Waals surface area contributed by atoms with E-state index < -0.39 is 0 Å². The first-order valence-corrected chi connectivity index (χ1v) is 10.1. The van der Waals surface area contributed by atoms with Crippen LogP contribution in [0.1, 0.15) is 18.9 Å². The van der Waals surface area contributed by atoms with Gasteiger partial charge in [-0.1, -0.05) is 30.3 Å². The minimum absolute atomic E-state index is 0.0256. The van der Waals surface area contributed by atoms with Crippen molar-refractivity contribution in [1.82, 2.24) is 20.0 Å². The number of nitrogens with zero attached hydrogens (tertiary/aromatic N) is 3. The van der Waals surface area contributed by atoms with Crippen molar-refractivity contribution in [3.05, 3.63) is 35.9 Å². The van der Waals surface area contributed by atoms with Gasteiger partial charge >= 0.3 is 0 Å². The van der Waals surface area contributed by atoms with Crippen molar-refractivity contribution in [3.63, 3.8) is 0 Å². The van der Waals surface area contributed by atoms with E-state index in [1.54, 1.807) is 18.9 Å². The second kappa shape index (κ2) is 10.0. The van der Waals surface area contributed by atoms with Crippen LogP contribution < -0.4 is 5.32 Å². The van der Waals surface area contributed by atoms with Crippen LogP contribution in [0.2, 0.25) is 0 Å². The molecule has 0 saturated carbocycles. The molecule has 7 heteroatoms. The molecule has 3 rings (SSSR count). The quantitative estimate of drug-likeness (QED) is 0.739. The third-order valence-corrected chi connectivity index (χ3v) is 5.72. The molecule has 2 aliphatic rings. The van der Waals surface area contributed by atoms with E-state index in [2.05, 4.69) is 22.3 Å². The number of hydrogen-bond donors (Lipinski definition) is 1. The zero-order valence-corrected chi connectivity index (χ0v) is 17.0. The van der Waals surface area contributed by atoms with Crippen LogP contribution in [0.15, 0.2) is 30.3 Å². The number of rotatable bonds is 7. The fraction of sp³-hybridized carbons (Fsp3) is 0.619. The van der Waals surface area contributed by atoms with Crippen LogP contribution in [-0.2, 0) is 20.9 Å². The smallest absolute Gasteiger partial charge is 0.245 e. The first-order chi connectivity index (χ1) is 13.6. The standard InChI is InChI=1S/C21H32N4O3/c1-17(26)25-16-19(14-20(25)21(27)23-10-8-22-9-11-23)24(12-13-28-2)15-18-6-4-3-5-7-18/h3-7,19-20,22H,8-16H2,1-2H3. The van der Waals surface area contributed by atoms with E-state index in [1.807, 2.05) is 23.1 Å². The Kier molecular flexibility index (Phi) is 7.42. The zero-order valence-electron chi connectivity index (χ0n) is 17.0. The van der Waals surface area contributed by atoms with Gasteiger partial charge in [-0.3, -0.25) is 14.5 Å². The Hall–Kier alpha value is -1.96. The summed E-state index contributed by atoms with van der Waals surface area (Å²) in [5.74, 6) is 0.0630.